The van der Waals surface area contributed by atoms with Crippen molar-refractivity contribution in [1.82, 2.24) is 5.32 Å². The molecule has 0 amide bonds. The van der Waals surface area contributed by atoms with E-state index in [4.69, 9.17) is 24.6 Å². The molecule has 0 bridgehead atoms. The van der Waals surface area contributed by atoms with Gasteiger partial charge in [-0.05, 0) is 35.6 Å². The Kier molecular flexibility index (Phi) is 6.47. The zero-order chi connectivity index (χ0) is 32.2. The van der Waals surface area contributed by atoms with Gasteiger partial charge < -0.3 is 19.9 Å². The minimum absolute atomic E-state index is 0.324. The smallest absolute Gasteiger partial charge is 0.199 e. The summed E-state index contributed by atoms with van der Waals surface area (Å²) < 4.78 is 13.0. The van der Waals surface area contributed by atoms with Gasteiger partial charge in [0, 0.05) is 38.2 Å². The van der Waals surface area contributed by atoms with Crippen LogP contribution in [0.2, 0.25) is 0 Å². The zero-order valence-electron chi connectivity index (χ0n) is 26.1. The lowest BCUT2D eigenvalue weighted by atomic mass is 9.95. The van der Waals surface area contributed by atoms with Gasteiger partial charge in [-0.15, -0.1) is 0 Å². The number of benzene rings is 6. The molecule has 2 aromatic heterocycles. The lowest BCUT2D eigenvalue weighted by Gasteiger charge is -2.24. The summed E-state index contributed by atoms with van der Waals surface area (Å²) in [7, 11) is 0. The summed E-state index contributed by atoms with van der Waals surface area (Å²) in [5.74, 6) is 1.65. The molecule has 0 saturated carbocycles. The number of aliphatic imine (C=N–C) groups is 2. The number of furan rings is 2. The van der Waals surface area contributed by atoms with E-state index in [9.17, 15) is 0 Å². The largest absolute Gasteiger partial charge is 0.455 e. The van der Waals surface area contributed by atoms with Gasteiger partial charge in [0.25, 0.3) is 0 Å². The first-order valence-electron chi connectivity index (χ1n) is 16.0. The summed E-state index contributed by atoms with van der Waals surface area (Å²) in [6, 6.07) is 45.2. The number of rotatable bonds is 5. The van der Waals surface area contributed by atoms with Crippen molar-refractivity contribution in [1.29, 1.82) is 0 Å². The van der Waals surface area contributed by atoms with Crippen LogP contribution in [0, 0.1) is 0 Å². The Morgan fingerprint density at radius 1 is 0.688 bits per heavy atom. The molecule has 6 aromatic carbocycles. The molecule has 0 fully saturated rings. The number of amidine groups is 2. The maximum Gasteiger partial charge on any atom is 0.199 e. The highest BCUT2D eigenvalue weighted by Gasteiger charge is 2.27. The quantitative estimate of drug-likeness (QED) is 0.200. The maximum absolute atomic E-state index is 6.78. The SMILES string of the molecule is C/C=C(/C1=NC(c2ccccc2)=NC(c2ccccc2)N1)c1c(N)oc2c(-c3cccc4oc5c6ccccc6ccc5c34)cccc12. The van der Waals surface area contributed by atoms with E-state index in [1.807, 2.05) is 85.8 Å². The Morgan fingerprint density at radius 2 is 1.42 bits per heavy atom. The first-order valence-corrected chi connectivity index (χ1v) is 16.0. The van der Waals surface area contributed by atoms with Gasteiger partial charge in [-0.1, -0.05) is 127 Å². The van der Waals surface area contributed by atoms with E-state index in [1.165, 1.54) is 0 Å². The van der Waals surface area contributed by atoms with Crippen molar-refractivity contribution in [2.24, 2.45) is 9.98 Å². The number of para-hydroxylation sites is 1. The molecule has 6 heteroatoms. The molecule has 1 aliphatic rings. The molecule has 48 heavy (non-hydrogen) atoms. The van der Waals surface area contributed by atoms with Crippen LogP contribution >= 0.6 is 0 Å². The third-order valence-corrected chi connectivity index (χ3v) is 9.12. The monoisotopic (exact) mass is 622 g/mol. The average Bonchev–Trinajstić information content (AvgIpc) is 3.70. The van der Waals surface area contributed by atoms with E-state index >= 15 is 0 Å². The maximum atomic E-state index is 6.78. The fourth-order valence-electron chi connectivity index (χ4n) is 6.91. The van der Waals surface area contributed by atoms with Crippen LogP contribution in [0.1, 0.15) is 29.8 Å². The van der Waals surface area contributed by atoms with Crippen molar-refractivity contribution < 1.29 is 8.83 Å². The molecule has 3 heterocycles. The van der Waals surface area contributed by atoms with Crippen molar-refractivity contribution in [2.75, 3.05) is 5.73 Å². The van der Waals surface area contributed by atoms with Gasteiger partial charge in [0.15, 0.2) is 11.7 Å². The Balaban J connectivity index is 1.21. The molecule has 0 radical (unpaired) electrons. The minimum atomic E-state index is -0.332. The second-order valence-corrected chi connectivity index (χ2v) is 11.9. The summed E-state index contributed by atoms with van der Waals surface area (Å²) in [4.78, 5) is 10.1. The third kappa shape index (κ3) is 4.42. The Hall–Kier alpha value is -6.40. The number of allylic oxidation sites excluding steroid dienone is 1. The topological polar surface area (TPSA) is 89.0 Å². The van der Waals surface area contributed by atoms with E-state index < -0.39 is 0 Å². The number of nitrogens with two attached hydrogens (primary N) is 1. The molecule has 1 unspecified atom stereocenters. The van der Waals surface area contributed by atoms with Crippen molar-refractivity contribution in [3.8, 4) is 11.1 Å². The van der Waals surface area contributed by atoms with Gasteiger partial charge >= 0.3 is 0 Å². The summed E-state index contributed by atoms with van der Waals surface area (Å²) in [5, 5.41) is 8.82. The lowest BCUT2D eigenvalue weighted by Crippen LogP contribution is -2.33. The number of fused-ring (bicyclic) bond motifs is 6. The van der Waals surface area contributed by atoms with Crippen LogP contribution in [0.3, 0.4) is 0 Å². The molecular formula is C42H30N4O2. The highest BCUT2D eigenvalue weighted by molar-refractivity contribution is 6.31. The number of anilines is 1. The molecule has 1 atom stereocenters. The van der Waals surface area contributed by atoms with E-state index in [2.05, 4.69) is 66.0 Å². The van der Waals surface area contributed by atoms with E-state index in [0.717, 1.165) is 71.5 Å². The van der Waals surface area contributed by atoms with Crippen molar-refractivity contribution >= 4 is 66.8 Å². The zero-order valence-corrected chi connectivity index (χ0v) is 26.1. The fraction of sp³-hybridized carbons (Fsp3) is 0.0476. The Morgan fingerprint density at radius 3 is 2.25 bits per heavy atom. The van der Waals surface area contributed by atoms with Gasteiger partial charge in [-0.3, -0.25) is 0 Å². The molecule has 0 saturated heterocycles. The normalized spacial score (nSPS) is 15.2. The summed E-state index contributed by atoms with van der Waals surface area (Å²) in [6.45, 7) is 2.00. The van der Waals surface area contributed by atoms with Gasteiger partial charge in [0.1, 0.15) is 28.8 Å². The number of hydrogen-bond acceptors (Lipinski definition) is 6. The van der Waals surface area contributed by atoms with Crippen LogP contribution in [0.15, 0.2) is 158 Å². The number of hydrogen-bond donors (Lipinski definition) is 2. The van der Waals surface area contributed by atoms with E-state index in [-0.39, 0.29) is 6.17 Å². The second-order valence-electron chi connectivity index (χ2n) is 11.9. The third-order valence-electron chi connectivity index (χ3n) is 9.12. The lowest BCUT2D eigenvalue weighted by molar-refractivity contribution is 0.637. The molecule has 0 aliphatic carbocycles. The Bertz CT molecular complexity index is 2610. The fourth-order valence-corrected chi connectivity index (χ4v) is 6.91. The van der Waals surface area contributed by atoms with Crippen molar-refractivity contribution in [3.05, 3.63) is 156 Å². The van der Waals surface area contributed by atoms with Crippen molar-refractivity contribution in [2.45, 2.75) is 13.1 Å². The van der Waals surface area contributed by atoms with Gasteiger partial charge in [0.05, 0.1) is 5.56 Å². The molecule has 0 spiro atoms. The van der Waals surface area contributed by atoms with Crippen LogP contribution < -0.4 is 11.1 Å². The average molecular weight is 623 g/mol. The minimum Gasteiger partial charge on any atom is -0.455 e. The molecule has 8 aromatic rings. The molecule has 3 N–H and O–H groups in total. The van der Waals surface area contributed by atoms with Crippen LogP contribution in [-0.2, 0) is 0 Å². The highest BCUT2D eigenvalue weighted by Crippen LogP contribution is 2.44. The van der Waals surface area contributed by atoms with Gasteiger partial charge in [0.2, 0.25) is 0 Å². The first kappa shape index (κ1) is 27.9. The van der Waals surface area contributed by atoms with Crippen LogP contribution in [0.5, 0.6) is 0 Å². The van der Waals surface area contributed by atoms with Crippen LogP contribution in [0.4, 0.5) is 5.88 Å². The highest BCUT2D eigenvalue weighted by atomic mass is 16.3. The number of nitrogens with one attached hydrogen (secondary N) is 1. The van der Waals surface area contributed by atoms with Crippen LogP contribution in [0.25, 0.3) is 60.4 Å². The molecule has 1 aliphatic heterocycles. The van der Waals surface area contributed by atoms with Gasteiger partial charge in [-0.2, -0.15) is 0 Å². The first-order chi connectivity index (χ1) is 23.7. The Labute approximate surface area is 276 Å². The van der Waals surface area contributed by atoms with Crippen molar-refractivity contribution in [3.63, 3.8) is 0 Å². The summed E-state index contributed by atoms with van der Waals surface area (Å²) in [6.07, 6.45) is 1.70. The van der Waals surface area contributed by atoms with Crippen LogP contribution in [-0.4, -0.2) is 11.7 Å². The predicted molar refractivity (Wildman–Crippen MR) is 197 cm³/mol. The molecule has 6 nitrogen and oxygen atoms in total. The second kappa shape index (κ2) is 11.1. The number of nitrogen functional groups attached to an aromatic ring is 1. The molecule has 230 valence electrons. The molecular weight excluding hydrogens is 592 g/mol. The standard InChI is InChI=1S/C42H30N4O2/c1-2-28(42-45-40(26-14-5-3-6-15-26)44-41(46-42)27-16-7-4-8-17-27)36-32-21-11-20-31(38(32)48-39(36)43)30-19-12-22-34-35(30)33-24-23-25-13-9-10-18-29(25)37(33)47-34/h2-24,40H,43H2,1H3,(H,44,45,46)/b28-2+. The number of nitrogens with zero attached hydrogens (tertiary/aromatic N) is 2. The van der Waals surface area contributed by atoms with E-state index in [0.29, 0.717) is 23.1 Å². The van der Waals surface area contributed by atoms with E-state index in [1.54, 1.807) is 0 Å². The predicted octanol–water partition coefficient (Wildman–Crippen LogP) is 10.3. The summed E-state index contributed by atoms with van der Waals surface area (Å²) >= 11 is 0. The van der Waals surface area contributed by atoms with Gasteiger partial charge in [-0.25, -0.2) is 9.98 Å². The molecule has 9 rings (SSSR count). The summed E-state index contributed by atoms with van der Waals surface area (Å²) in [5.41, 5.74) is 14.8.